The molecular formula is C39H39Cl2N5O5. The number of benzene rings is 4. The fourth-order valence-corrected chi connectivity index (χ4v) is 6.25. The van der Waals surface area contributed by atoms with Crippen LogP contribution in [0.15, 0.2) is 103 Å². The van der Waals surface area contributed by atoms with Gasteiger partial charge >= 0.3 is 0 Å². The first-order chi connectivity index (χ1) is 24.7. The summed E-state index contributed by atoms with van der Waals surface area (Å²) in [6.07, 6.45) is 1.93. The number of nitrogens with two attached hydrogens (primary N) is 1. The number of carbonyl (C=O) groups is 2. The predicted molar refractivity (Wildman–Crippen MR) is 198 cm³/mol. The average molecular weight is 729 g/mol. The lowest BCUT2D eigenvalue weighted by Crippen LogP contribution is -2.32. The number of amides is 2. The predicted octanol–water partition coefficient (Wildman–Crippen LogP) is 7.60. The number of aliphatic hydroxyl groups is 1. The zero-order chi connectivity index (χ0) is 35.7. The minimum atomic E-state index is -0.637. The molecule has 2 heterocycles. The van der Waals surface area contributed by atoms with Gasteiger partial charge in [0.1, 0.15) is 5.15 Å². The first-order valence-corrected chi connectivity index (χ1v) is 17.5. The highest BCUT2D eigenvalue weighted by Crippen LogP contribution is 2.39. The fraction of sp³-hybridized carbons (Fsp3) is 0.256. The van der Waals surface area contributed by atoms with E-state index in [1.807, 2.05) is 72.8 Å². The maximum Gasteiger partial charge on any atom is 0.224 e. The first-order valence-electron chi connectivity index (χ1n) is 16.7. The molecule has 3 atom stereocenters. The van der Waals surface area contributed by atoms with Gasteiger partial charge in [0.05, 0.1) is 43.1 Å². The number of anilines is 2. The third-order valence-corrected chi connectivity index (χ3v) is 9.49. The Hall–Kier alpha value is -4.71. The smallest absolute Gasteiger partial charge is 0.224 e. The summed E-state index contributed by atoms with van der Waals surface area (Å²) in [7, 11) is 0. The van der Waals surface area contributed by atoms with E-state index in [4.69, 9.17) is 38.4 Å². The van der Waals surface area contributed by atoms with Crippen molar-refractivity contribution in [2.24, 2.45) is 0 Å². The van der Waals surface area contributed by atoms with Crippen LogP contribution in [0, 0.1) is 0 Å². The zero-order valence-electron chi connectivity index (χ0n) is 27.8. The summed E-state index contributed by atoms with van der Waals surface area (Å²) in [6.45, 7) is 0.789. The Kier molecular flexibility index (Phi) is 12.0. The van der Waals surface area contributed by atoms with Crippen LogP contribution in [0.2, 0.25) is 10.3 Å². The number of hydrogen-bond acceptors (Lipinski definition) is 7. The highest BCUT2D eigenvalue weighted by Gasteiger charge is 2.33. The molecule has 2 amide bonds. The van der Waals surface area contributed by atoms with Gasteiger partial charge in [0.2, 0.25) is 11.8 Å². The maximum absolute atomic E-state index is 12.5. The summed E-state index contributed by atoms with van der Waals surface area (Å²) in [6, 6.07) is 30.8. The summed E-state index contributed by atoms with van der Waals surface area (Å²) in [5, 5.41) is 15.8. The molecule has 4 aromatic carbocycles. The number of halogens is 2. The molecule has 264 valence electrons. The van der Waals surface area contributed by atoms with Crippen LogP contribution in [0.5, 0.6) is 0 Å². The van der Waals surface area contributed by atoms with E-state index < -0.39 is 6.29 Å². The molecule has 1 fully saturated rings. The van der Waals surface area contributed by atoms with Gasteiger partial charge in [-0.3, -0.25) is 9.59 Å². The van der Waals surface area contributed by atoms with E-state index >= 15 is 0 Å². The van der Waals surface area contributed by atoms with Crippen molar-refractivity contribution in [3.8, 4) is 11.1 Å². The number of nitrogens with zero attached hydrogens (tertiary/aromatic N) is 2. The van der Waals surface area contributed by atoms with Gasteiger partial charge in [-0.15, -0.1) is 0 Å². The summed E-state index contributed by atoms with van der Waals surface area (Å²) in [5.41, 5.74) is 12.6. The molecular weight excluding hydrogens is 689 g/mol. The van der Waals surface area contributed by atoms with Crippen LogP contribution in [0.25, 0.3) is 11.1 Å². The van der Waals surface area contributed by atoms with E-state index in [1.165, 1.54) is 0 Å². The van der Waals surface area contributed by atoms with Crippen LogP contribution >= 0.6 is 23.2 Å². The van der Waals surface area contributed by atoms with Crippen molar-refractivity contribution in [2.45, 2.75) is 63.9 Å². The summed E-state index contributed by atoms with van der Waals surface area (Å²) >= 11 is 12.5. The number of rotatable bonds is 13. The van der Waals surface area contributed by atoms with Crippen molar-refractivity contribution in [3.05, 3.63) is 136 Å². The monoisotopic (exact) mass is 727 g/mol. The van der Waals surface area contributed by atoms with Crippen molar-refractivity contribution >= 4 is 46.4 Å². The Bertz CT molecular complexity index is 1950. The molecule has 1 saturated heterocycles. The molecule has 0 radical (unpaired) electrons. The number of carbonyl (C=O) groups excluding carboxylic acids is 2. The largest absolute Gasteiger partial charge is 0.397 e. The van der Waals surface area contributed by atoms with Crippen molar-refractivity contribution in [1.82, 2.24) is 14.9 Å². The van der Waals surface area contributed by atoms with Gasteiger partial charge < -0.3 is 35.5 Å². The number of imidazole rings is 1. The number of para-hydroxylation sites is 2. The van der Waals surface area contributed by atoms with Gasteiger partial charge in [0.25, 0.3) is 0 Å². The Morgan fingerprint density at radius 1 is 0.863 bits per heavy atom. The van der Waals surface area contributed by atoms with Gasteiger partial charge in [-0.1, -0.05) is 102 Å². The van der Waals surface area contributed by atoms with E-state index in [2.05, 4.69) is 15.6 Å². The molecule has 6 rings (SSSR count). The summed E-state index contributed by atoms with van der Waals surface area (Å²) in [5.74, 6) is -0.303. The Morgan fingerprint density at radius 2 is 1.61 bits per heavy atom. The standard InChI is InChI=1S/C39H39Cl2N5O5/c40-37-38(41)46(24-44-37)22-31-20-34(28-13-11-25(23-47)12-14-28)51-39(50-31)29-17-15-27(16-18-29)30-6-3-5-26(19-30)21-43-35(48)9-4-10-36(49)45-33-8-2-1-7-32(33)42/h1-3,5-8,11-19,24,31,34,39,47H,4,9-10,20-23,42H2,(H,43,48)(H,45,49)/t31-,34+,39+/m0/s1. The molecule has 0 spiro atoms. The Balaban J connectivity index is 1.06. The van der Waals surface area contributed by atoms with Gasteiger partial charge in [0.15, 0.2) is 11.4 Å². The van der Waals surface area contributed by atoms with Gasteiger partial charge in [-0.25, -0.2) is 4.98 Å². The van der Waals surface area contributed by atoms with Crippen LogP contribution in [-0.2, 0) is 38.8 Å². The van der Waals surface area contributed by atoms with Crippen LogP contribution < -0.4 is 16.4 Å². The van der Waals surface area contributed by atoms with Crippen molar-refractivity contribution < 1.29 is 24.2 Å². The second-order valence-corrected chi connectivity index (χ2v) is 13.1. The molecule has 0 bridgehead atoms. The molecule has 0 saturated carbocycles. The number of nitrogens with one attached hydrogen (secondary N) is 2. The lowest BCUT2D eigenvalue weighted by Gasteiger charge is -2.36. The lowest BCUT2D eigenvalue weighted by atomic mass is 9.99. The average Bonchev–Trinajstić information content (AvgIpc) is 3.47. The van der Waals surface area contributed by atoms with E-state index in [-0.39, 0.29) is 48.6 Å². The van der Waals surface area contributed by atoms with Crippen LogP contribution in [0.3, 0.4) is 0 Å². The van der Waals surface area contributed by atoms with Crippen molar-refractivity contribution in [3.63, 3.8) is 0 Å². The second-order valence-electron chi connectivity index (χ2n) is 12.4. The minimum absolute atomic E-state index is 0.0298. The third kappa shape index (κ3) is 9.55. The summed E-state index contributed by atoms with van der Waals surface area (Å²) in [4.78, 5) is 28.9. The molecule has 51 heavy (non-hydrogen) atoms. The van der Waals surface area contributed by atoms with E-state index in [0.717, 1.165) is 33.4 Å². The van der Waals surface area contributed by atoms with Gasteiger partial charge in [-0.05, 0) is 52.4 Å². The SMILES string of the molecule is Nc1ccccc1NC(=O)CCCC(=O)NCc1cccc(-c2ccc([C@@H]3O[C@H](Cn4cnc(Cl)c4Cl)C[C@H](c4ccc(CO)cc4)O3)cc2)c1. The first kappa shape index (κ1) is 36.1. The quantitative estimate of drug-likeness (QED) is 0.0916. The normalized spacial score (nSPS) is 17.2. The summed E-state index contributed by atoms with van der Waals surface area (Å²) < 4.78 is 14.7. The number of aromatic nitrogens is 2. The highest BCUT2D eigenvalue weighted by molar-refractivity contribution is 6.40. The zero-order valence-corrected chi connectivity index (χ0v) is 29.3. The molecule has 5 aromatic rings. The third-order valence-electron chi connectivity index (χ3n) is 8.72. The number of aliphatic hydroxyl groups excluding tert-OH is 1. The number of hydrogen-bond donors (Lipinski definition) is 4. The van der Waals surface area contributed by atoms with E-state index in [1.54, 1.807) is 35.2 Å². The van der Waals surface area contributed by atoms with E-state index in [9.17, 15) is 14.7 Å². The topological polar surface area (TPSA) is 141 Å². The van der Waals surface area contributed by atoms with Crippen LogP contribution in [0.1, 0.15) is 60.3 Å². The van der Waals surface area contributed by atoms with Crippen LogP contribution in [0.4, 0.5) is 11.4 Å². The van der Waals surface area contributed by atoms with E-state index in [0.29, 0.717) is 42.5 Å². The van der Waals surface area contributed by atoms with Gasteiger partial charge in [-0.2, -0.15) is 0 Å². The fourth-order valence-electron chi connectivity index (χ4n) is 5.94. The number of nitrogen functional groups attached to an aromatic ring is 1. The molecule has 5 N–H and O–H groups in total. The molecule has 0 unspecified atom stereocenters. The Labute approximate surface area is 306 Å². The lowest BCUT2D eigenvalue weighted by molar-refractivity contribution is -0.252. The maximum atomic E-state index is 12.5. The molecule has 1 aliphatic rings. The van der Waals surface area contributed by atoms with Crippen molar-refractivity contribution in [1.29, 1.82) is 0 Å². The number of ether oxygens (including phenoxy) is 2. The van der Waals surface area contributed by atoms with Crippen LogP contribution in [-0.4, -0.2) is 32.6 Å². The Morgan fingerprint density at radius 3 is 2.33 bits per heavy atom. The van der Waals surface area contributed by atoms with Crippen molar-refractivity contribution in [2.75, 3.05) is 11.1 Å². The molecule has 12 heteroatoms. The molecule has 0 aliphatic carbocycles. The highest BCUT2D eigenvalue weighted by atomic mass is 35.5. The van der Waals surface area contributed by atoms with Gasteiger partial charge in [0, 0.05) is 31.4 Å². The minimum Gasteiger partial charge on any atom is -0.397 e. The second kappa shape index (κ2) is 17.0. The molecule has 1 aromatic heterocycles. The molecule has 10 nitrogen and oxygen atoms in total. The molecule has 1 aliphatic heterocycles.